The van der Waals surface area contributed by atoms with Gasteiger partial charge in [0.15, 0.2) is 0 Å². The lowest BCUT2D eigenvalue weighted by atomic mass is 10.1. The number of hydrogen-bond acceptors (Lipinski definition) is 6. The second-order valence-corrected chi connectivity index (χ2v) is 6.86. The highest BCUT2D eigenvalue weighted by Crippen LogP contribution is 2.29. The summed E-state index contributed by atoms with van der Waals surface area (Å²) in [5.74, 6) is 0.549. The third kappa shape index (κ3) is 4.83. The van der Waals surface area contributed by atoms with Crippen LogP contribution in [0.15, 0.2) is 48.5 Å². The van der Waals surface area contributed by atoms with E-state index in [0.29, 0.717) is 49.9 Å². The first-order valence-electron chi connectivity index (χ1n) is 9.76. The van der Waals surface area contributed by atoms with E-state index in [9.17, 15) is 14.9 Å². The minimum absolute atomic E-state index is 0.101. The number of nitrogens with zero attached hydrogens (tertiary/aromatic N) is 3. The maximum atomic E-state index is 12.8. The zero-order chi connectivity index (χ0) is 20.8. The van der Waals surface area contributed by atoms with Gasteiger partial charge in [-0.2, -0.15) is 0 Å². The first-order chi connectivity index (χ1) is 14.0. The van der Waals surface area contributed by atoms with E-state index in [1.54, 1.807) is 18.2 Å². The molecule has 1 amide bonds. The Bertz CT molecular complexity index is 865. The molecule has 1 fully saturated rings. The summed E-state index contributed by atoms with van der Waals surface area (Å²) in [5, 5.41) is 14.2. The summed E-state index contributed by atoms with van der Waals surface area (Å²) in [6, 6.07) is 13.8. The van der Waals surface area contributed by atoms with Crippen molar-refractivity contribution in [3.05, 3.63) is 58.6 Å². The third-order valence-electron chi connectivity index (χ3n) is 5.11. The van der Waals surface area contributed by atoms with Crippen molar-refractivity contribution in [1.82, 2.24) is 4.90 Å². The predicted molar refractivity (Wildman–Crippen MR) is 113 cm³/mol. The van der Waals surface area contributed by atoms with Crippen molar-refractivity contribution in [2.24, 2.45) is 0 Å². The largest absolute Gasteiger partial charge is 0.492 e. The van der Waals surface area contributed by atoms with Gasteiger partial charge < -0.3 is 15.0 Å². The molecule has 1 unspecified atom stereocenters. The van der Waals surface area contributed by atoms with Crippen LogP contribution in [0.2, 0.25) is 0 Å². The molecule has 8 heteroatoms. The highest BCUT2D eigenvalue weighted by Gasteiger charge is 2.28. The van der Waals surface area contributed by atoms with E-state index in [-0.39, 0.29) is 22.6 Å². The summed E-state index contributed by atoms with van der Waals surface area (Å²) in [5.41, 5.74) is 1.39. The Morgan fingerprint density at radius 1 is 1.14 bits per heavy atom. The number of nitro benzene ring substituents is 1. The van der Waals surface area contributed by atoms with Crippen LogP contribution in [-0.4, -0.2) is 54.6 Å². The SMILES string of the molecule is CCOc1ccccc1NC(=O)C(C)N1CCN(c2ccccc2[N+](=O)[O-])CC1. The van der Waals surface area contributed by atoms with Gasteiger partial charge in [0.1, 0.15) is 11.4 Å². The van der Waals surface area contributed by atoms with Gasteiger partial charge in [0.25, 0.3) is 5.69 Å². The standard InChI is InChI=1S/C21H26N4O4/c1-3-29-20-11-7-4-8-17(20)22-21(26)16(2)23-12-14-24(15-13-23)18-9-5-6-10-19(18)25(27)28/h4-11,16H,3,12-15H2,1-2H3,(H,22,26). The Balaban J connectivity index is 1.61. The molecule has 1 N–H and O–H groups in total. The van der Waals surface area contributed by atoms with Crippen LogP contribution >= 0.6 is 0 Å². The molecule has 1 saturated heterocycles. The fraction of sp³-hybridized carbons (Fsp3) is 0.381. The van der Waals surface area contributed by atoms with Gasteiger partial charge in [0.05, 0.1) is 23.3 Å². The molecule has 0 radical (unpaired) electrons. The van der Waals surface area contributed by atoms with Crippen molar-refractivity contribution in [1.29, 1.82) is 0 Å². The number of nitrogens with one attached hydrogen (secondary N) is 1. The molecule has 1 aliphatic heterocycles. The number of nitro groups is 1. The topological polar surface area (TPSA) is 88.0 Å². The van der Waals surface area contributed by atoms with E-state index >= 15 is 0 Å². The molecule has 154 valence electrons. The van der Waals surface area contributed by atoms with E-state index in [4.69, 9.17) is 4.74 Å². The maximum absolute atomic E-state index is 12.8. The smallest absolute Gasteiger partial charge is 0.292 e. The average molecular weight is 398 g/mol. The molecular weight excluding hydrogens is 372 g/mol. The minimum atomic E-state index is -0.354. The van der Waals surface area contributed by atoms with Crippen LogP contribution in [0.1, 0.15) is 13.8 Å². The Morgan fingerprint density at radius 2 is 1.79 bits per heavy atom. The molecule has 3 rings (SSSR count). The zero-order valence-corrected chi connectivity index (χ0v) is 16.7. The number of ether oxygens (including phenoxy) is 1. The molecule has 0 spiro atoms. The summed E-state index contributed by atoms with van der Waals surface area (Å²) in [7, 11) is 0. The van der Waals surface area contributed by atoms with Crippen molar-refractivity contribution in [3.8, 4) is 5.75 Å². The van der Waals surface area contributed by atoms with Crippen LogP contribution in [0.5, 0.6) is 5.75 Å². The van der Waals surface area contributed by atoms with Crippen molar-refractivity contribution in [2.75, 3.05) is 43.0 Å². The number of hydrogen-bond donors (Lipinski definition) is 1. The van der Waals surface area contributed by atoms with Crippen LogP contribution in [0.25, 0.3) is 0 Å². The van der Waals surface area contributed by atoms with E-state index in [2.05, 4.69) is 10.2 Å². The molecule has 1 aliphatic rings. The number of anilines is 2. The average Bonchev–Trinajstić information content (AvgIpc) is 2.75. The van der Waals surface area contributed by atoms with E-state index < -0.39 is 0 Å². The van der Waals surface area contributed by atoms with E-state index in [1.807, 2.05) is 43.0 Å². The van der Waals surface area contributed by atoms with Gasteiger partial charge in [0, 0.05) is 32.2 Å². The Labute approximate surface area is 170 Å². The number of amides is 1. The molecule has 0 saturated carbocycles. The second-order valence-electron chi connectivity index (χ2n) is 6.86. The van der Waals surface area contributed by atoms with Gasteiger partial charge in [0.2, 0.25) is 5.91 Å². The van der Waals surface area contributed by atoms with Crippen LogP contribution in [0.4, 0.5) is 17.1 Å². The number of rotatable bonds is 7. The maximum Gasteiger partial charge on any atom is 0.292 e. The predicted octanol–water partition coefficient (Wildman–Crippen LogP) is 3.14. The van der Waals surface area contributed by atoms with Gasteiger partial charge in [-0.25, -0.2) is 0 Å². The number of carbonyl (C=O) groups excluding carboxylic acids is 1. The molecule has 1 atom stereocenters. The first kappa shape index (κ1) is 20.6. The third-order valence-corrected chi connectivity index (χ3v) is 5.11. The van der Waals surface area contributed by atoms with E-state index in [0.717, 1.165) is 0 Å². The molecule has 1 heterocycles. The fourth-order valence-corrected chi connectivity index (χ4v) is 3.49. The molecule has 2 aromatic rings. The molecule has 8 nitrogen and oxygen atoms in total. The highest BCUT2D eigenvalue weighted by molar-refractivity contribution is 5.95. The Kier molecular flexibility index (Phi) is 6.66. The van der Waals surface area contributed by atoms with Crippen molar-refractivity contribution < 1.29 is 14.5 Å². The second kappa shape index (κ2) is 9.38. The van der Waals surface area contributed by atoms with Crippen LogP contribution < -0.4 is 15.0 Å². The summed E-state index contributed by atoms with van der Waals surface area (Å²) >= 11 is 0. The quantitative estimate of drug-likeness (QED) is 0.569. The van der Waals surface area contributed by atoms with Crippen LogP contribution in [-0.2, 0) is 4.79 Å². The van der Waals surface area contributed by atoms with Gasteiger partial charge >= 0.3 is 0 Å². The molecule has 0 aromatic heterocycles. The minimum Gasteiger partial charge on any atom is -0.492 e. The normalized spacial score (nSPS) is 15.6. The highest BCUT2D eigenvalue weighted by atomic mass is 16.6. The molecular formula is C21H26N4O4. The summed E-state index contributed by atoms with van der Waals surface area (Å²) in [6.45, 7) is 6.84. The lowest BCUT2D eigenvalue weighted by Gasteiger charge is -2.38. The number of piperazine rings is 1. The van der Waals surface area contributed by atoms with Crippen LogP contribution in [0.3, 0.4) is 0 Å². The van der Waals surface area contributed by atoms with Gasteiger partial charge in [-0.05, 0) is 32.0 Å². The molecule has 0 aliphatic carbocycles. The Morgan fingerprint density at radius 3 is 2.48 bits per heavy atom. The van der Waals surface area contributed by atoms with Crippen molar-refractivity contribution >= 4 is 23.0 Å². The molecule has 0 bridgehead atoms. The van der Waals surface area contributed by atoms with Crippen molar-refractivity contribution in [2.45, 2.75) is 19.9 Å². The number of para-hydroxylation sites is 4. The van der Waals surface area contributed by atoms with E-state index in [1.165, 1.54) is 6.07 Å². The Hall–Kier alpha value is -3.13. The summed E-state index contributed by atoms with van der Waals surface area (Å²) in [4.78, 5) is 27.8. The van der Waals surface area contributed by atoms with Gasteiger partial charge in [-0.3, -0.25) is 19.8 Å². The van der Waals surface area contributed by atoms with Crippen molar-refractivity contribution in [3.63, 3.8) is 0 Å². The fourth-order valence-electron chi connectivity index (χ4n) is 3.49. The summed E-state index contributed by atoms with van der Waals surface area (Å²) < 4.78 is 5.57. The monoisotopic (exact) mass is 398 g/mol. The lowest BCUT2D eigenvalue weighted by Crippen LogP contribution is -2.53. The zero-order valence-electron chi connectivity index (χ0n) is 16.7. The first-order valence-corrected chi connectivity index (χ1v) is 9.76. The van der Waals surface area contributed by atoms with Gasteiger partial charge in [-0.1, -0.05) is 24.3 Å². The number of benzene rings is 2. The summed E-state index contributed by atoms with van der Waals surface area (Å²) in [6.07, 6.45) is 0. The lowest BCUT2D eigenvalue weighted by molar-refractivity contribution is -0.384. The number of carbonyl (C=O) groups is 1. The molecule has 2 aromatic carbocycles. The van der Waals surface area contributed by atoms with Crippen LogP contribution in [0, 0.1) is 10.1 Å². The van der Waals surface area contributed by atoms with Gasteiger partial charge in [-0.15, -0.1) is 0 Å². The molecule has 29 heavy (non-hydrogen) atoms.